The van der Waals surface area contributed by atoms with E-state index in [1.165, 1.54) is 4.73 Å². The molecule has 276 valence electrons. The number of nitrogens with one attached hydrogen (secondary N) is 1. The molecule has 9 saturated heterocycles. The van der Waals surface area contributed by atoms with Gasteiger partial charge in [0.05, 0.1) is 22.7 Å². The highest BCUT2D eigenvalue weighted by atomic mass is 16.5. The Morgan fingerprint density at radius 1 is 0.815 bits per heavy atom. The van der Waals surface area contributed by atoms with Crippen LogP contribution in [0.2, 0.25) is 0 Å². The number of rotatable bonds is 0. The Labute approximate surface area is 311 Å². The zero-order valence-electron chi connectivity index (χ0n) is 30.8. The van der Waals surface area contributed by atoms with E-state index in [-0.39, 0.29) is 23.6 Å². The van der Waals surface area contributed by atoms with Crippen LogP contribution >= 0.6 is 0 Å². The molecule has 10 aliphatic heterocycles. The van der Waals surface area contributed by atoms with E-state index in [0.717, 1.165) is 15.7 Å². The average Bonchev–Trinajstić information content (AvgIpc) is 3.95. The Bertz CT molecular complexity index is 2500. The van der Waals surface area contributed by atoms with Gasteiger partial charge in [0.1, 0.15) is 27.6 Å². The molecule has 0 radical (unpaired) electrons. The average molecular weight is 727 g/mol. The summed E-state index contributed by atoms with van der Waals surface area (Å²) < 4.78 is 2.36. The molecule has 10 fully saturated rings. The van der Waals surface area contributed by atoms with Crippen LogP contribution in [-0.4, -0.2) is 100 Å². The van der Waals surface area contributed by atoms with Gasteiger partial charge in [0.2, 0.25) is 23.4 Å². The highest BCUT2D eigenvalue weighted by molar-refractivity contribution is 6.17. The highest BCUT2D eigenvalue weighted by Crippen LogP contribution is 2.80. The van der Waals surface area contributed by atoms with Crippen LogP contribution in [0.15, 0.2) is 48.5 Å². The second-order valence-electron chi connectivity index (χ2n) is 19.4. The number of nitrogens with zero attached hydrogens (tertiary/aromatic N) is 5. The first kappa shape index (κ1) is 30.5. The van der Waals surface area contributed by atoms with Crippen LogP contribution in [0.5, 0.6) is 0 Å². The lowest BCUT2D eigenvalue weighted by molar-refractivity contribution is -0.366. The smallest absolute Gasteiger partial charge is 0.251 e. The number of benzene rings is 2. The van der Waals surface area contributed by atoms with Gasteiger partial charge in [-0.3, -0.25) is 19.2 Å². The fraction of sp³-hybridized carbons (Fsp3) is 0.548. The Hall–Kier alpha value is -4.87. The van der Waals surface area contributed by atoms with Crippen molar-refractivity contribution < 1.29 is 29.1 Å². The van der Waals surface area contributed by atoms with Gasteiger partial charge in [-0.25, -0.2) is 0 Å². The van der Waals surface area contributed by atoms with Gasteiger partial charge in [0.25, 0.3) is 5.91 Å². The number of piperidine rings is 4. The molecule has 2 aliphatic carbocycles. The van der Waals surface area contributed by atoms with E-state index in [9.17, 15) is 10.0 Å². The summed E-state index contributed by atoms with van der Waals surface area (Å²) in [6.07, 6.45) is 3.19. The minimum Gasteiger partial charge on any atom is -0.618 e. The summed E-state index contributed by atoms with van der Waals surface area (Å²) in [5.74, 6) is -2.58. The number of para-hydroxylation sites is 2. The first-order chi connectivity index (χ1) is 25.7. The molecule has 2 aromatic carbocycles. The topological polar surface area (TPSA) is 141 Å². The molecule has 1 saturated carbocycles. The molecule has 9 atom stereocenters. The van der Waals surface area contributed by atoms with Gasteiger partial charge < -0.3 is 30.4 Å². The van der Waals surface area contributed by atoms with Crippen molar-refractivity contribution in [1.29, 1.82) is 0 Å². The molecule has 54 heavy (non-hydrogen) atoms. The Morgan fingerprint density at radius 2 is 1.48 bits per heavy atom. The summed E-state index contributed by atoms with van der Waals surface area (Å²) in [5, 5.41) is 32.1. The normalized spacial score (nSPS) is 43.1. The predicted molar refractivity (Wildman–Crippen MR) is 193 cm³/mol. The SMILES string of the molecule is CC1(C)C2=[N+]([O-])c3ccccc3[C@@]23[C@@H]2c4c(n(O)c5ccccc45)C(C)(C)[C@H]4C[C@]56CCCN5C(=O)C42N(C6=O)[C@H]3C23NC(=O)[C@]4(CCCN4C2=O)C[C@H]13. The third-order valence-corrected chi connectivity index (χ3v) is 17.4. The van der Waals surface area contributed by atoms with E-state index in [0.29, 0.717) is 79.8 Å². The predicted octanol–water partition coefficient (Wildman–Crippen LogP) is 3.42. The van der Waals surface area contributed by atoms with Crippen molar-refractivity contribution in [2.24, 2.45) is 17.3 Å². The summed E-state index contributed by atoms with van der Waals surface area (Å²) in [6.45, 7) is 9.17. The van der Waals surface area contributed by atoms with Gasteiger partial charge >= 0.3 is 0 Å². The summed E-state index contributed by atoms with van der Waals surface area (Å²) >= 11 is 0. The van der Waals surface area contributed by atoms with Crippen molar-refractivity contribution in [3.8, 4) is 0 Å². The van der Waals surface area contributed by atoms with Gasteiger partial charge in [-0.15, -0.1) is 0 Å². The van der Waals surface area contributed by atoms with Crippen molar-refractivity contribution in [2.75, 3.05) is 13.1 Å². The summed E-state index contributed by atoms with van der Waals surface area (Å²) in [7, 11) is 0. The third-order valence-electron chi connectivity index (χ3n) is 17.4. The molecule has 2 unspecified atom stereocenters. The van der Waals surface area contributed by atoms with E-state index in [4.69, 9.17) is 0 Å². The molecule has 3 aromatic rings. The van der Waals surface area contributed by atoms with Crippen LogP contribution in [0.25, 0.3) is 10.9 Å². The lowest BCUT2D eigenvalue weighted by atomic mass is 9.39. The van der Waals surface area contributed by atoms with Crippen molar-refractivity contribution in [3.63, 3.8) is 0 Å². The number of aromatic nitrogens is 1. The van der Waals surface area contributed by atoms with Crippen molar-refractivity contribution in [3.05, 3.63) is 70.6 Å². The molecular weight excluding hydrogens is 684 g/mol. The summed E-state index contributed by atoms with van der Waals surface area (Å²) in [4.78, 5) is 68.5. The lowest BCUT2D eigenvalue weighted by Crippen LogP contribution is -2.93. The van der Waals surface area contributed by atoms with E-state index < -0.39 is 62.2 Å². The van der Waals surface area contributed by atoms with Crippen molar-refractivity contribution >= 4 is 45.9 Å². The monoisotopic (exact) mass is 726 g/mol. The first-order valence-electron chi connectivity index (χ1n) is 19.8. The first-order valence-corrected chi connectivity index (χ1v) is 19.8. The number of hydrogen-bond donors (Lipinski definition) is 2. The van der Waals surface area contributed by atoms with E-state index in [1.54, 1.807) is 4.90 Å². The van der Waals surface area contributed by atoms with Gasteiger partial charge in [0.15, 0.2) is 5.71 Å². The number of piperazine rings is 2. The third kappa shape index (κ3) is 2.41. The highest BCUT2D eigenvalue weighted by Gasteiger charge is 2.95. The fourth-order valence-corrected chi connectivity index (χ4v) is 16.0. The van der Waals surface area contributed by atoms with Gasteiger partial charge in [-0.05, 0) is 64.0 Å². The summed E-state index contributed by atoms with van der Waals surface area (Å²) in [5.41, 5.74) is -4.90. The maximum atomic E-state index is 16.2. The zero-order valence-corrected chi connectivity index (χ0v) is 30.8. The molecule has 12 heteroatoms. The molecule has 4 amide bonds. The molecule has 15 rings (SSSR count). The standard InChI is InChI=1S/C42H42N6O6/c1-36(2)26-20-39-16-10-18-45(39)35(52)42(26)28(27-21-11-5-7-13-23(21)47(53)29(27)36)40-22-12-6-8-14-24(22)48(54)30(40)37(3,4)25-19-38-15-9-17-44(38)34(51)41(25,43-32(38)49)31(40)46(42)33(39)50/h5-8,11-14,25-26,28,31,53H,9-10,15-20H2,1-4H3,(H,43,49)/t25-,26-,28+,31-,38+,39+,40-,41?,42?/m1/s1. The lowest BCUT2D eigenvalue weighted by Gasteiger charge is -2.70. The van der Waals surface area contributed by atoms with Gasteiger partial charge in [-0.2, -0.15) is 9.47 Å². The second-order valence-corrected chi connectivity index (χ2v) is 19.4. The fourth-order valence-electron chi connectivity index (χ4n) is 16.0. The molecule has 5 spiro atoms. The minimum atomic E-state index is -1.62. The number of hydrogen-bond acceptors (Lipinski definition) is 6. The number of carbonyl (C=O) groups is 4. The van der Waals surface area contributed by atoms with Crippen molar-refractivity contribution in [2.45, 2.75) is 111 Å². The molecule has 12 nitrogen and oxygen atoms in total. The Balaban J connectivity index is 1.28. The van der Waals surface area contributed by atoms with Crippen LogP contribution in [0, 0.1) is 22.5 Å². The molecule has 4 bridgehead atoms. The van der Waals surface area contributed by atoms with E-state index in [1.807, 2.05) is 72.2 Å². The Morgan fingerprint density at radius 3 is 2.26 bits per heavy atom. The minimum absolute atomic E-state index is 0.133. The number of fused-ring (bicyclic) bond motifs is 6. The van der Waals surface area contributed by atoms with Crippen LogP contribution in [0.4, 0.5) is 5.69 Å². The largest absolute Gasteiger partial charge is 0.618 e. The molecule has 2 N–H and O–H groups in total. The molecule has 11 heterocycles. The van der Waals surface area contributed by atoms with Crippen LogP contribution in [-0.2, 0) is 30.0 Å². The van der Waals surface area contributed by atoms with Crippen LogP contribution in [0.1, 0.15) is 89.0 Å². The van der Waals surface area contributed by atoms with Gasteiger partial charge in [-0.1, -0.05) is 50.2 Å². The van der Waals surface area contributed by atoms with E-state index >= 15 is 19.6 Å². The number of carbonyl (C=O) groups excluding carboxylic acids is 4. The quantitative estimate of drug-likeness (QED) is 0.207. The maximum Gasteiger partial charge on any atom is 0.251 e. The maximum absolute atomic E-state index is 16.2. The Kier molecular flexibility index (Phi) is 4.63. The van der Waals surface area contributed by atoms with E-state index in [2.05, 4.69) is 19.2 Å². The second kappa shape index (κ2) is 8.21. The van der Waals surface area contributed by atoms with Gasteiger partial charge in [0, 0.05) is 53.3 Å². The molecule has 1 aromatic heterocycles. The zero-order chi connectivity index (χ0) is 37.1. The molecule has 12 aliphatic rings. The van der Waals surface area contributed by atoms with Crippen molar-refractivity contribution in [1.82, 2.24) is 24.7 Å². The summed E-state index contributed by atoms with van der Waals surface area (Å²) in [6, 6.07) is 14.1. The van der Waals surface area contributed by atoms with Crippen LogP contribution < -0.4 is 5.32 Å². The number of amides is 4. The van der Waals surface area contributed by atoms with Crippen LogP contribution in [0.3, 0.4) is 0 Å². The molecular formula is C42H42N6O6.